The van der Waals surface area contributed by atoms with Gasteiger partial charge in [-0.15, -0.1) is 0 Å². The molecular formula is C18H20N8. The van der Waals surface area contributed by atoms with Crippen LogP contribution in [0, 0.1) is 6.92 Å². The van der Waals surface area contributed by atoms with Gasteiger partial charge in [0.2, 0.25) is 0 Å². The number of fused-ring (bicyclic) bond motifs is 1. The number of nitrogens with zero attached hydrogens (tertiary/aromatic N) is 8. The first-order valence-corrected chi connectivity index (χ1v) is 8.70. The molecule has 0 bridgehead atoms. The van der Waals surface area contributed by atoms with Crippen molar-refractivity contribution in [2.45, 2.75) is 25.2 Å². The summed E-state index contributed by atoms with van der Waals surface area (Å²) in [5, 5.41) is 9.02. The van der Waals surface area contributed by atoms with Crippen LogP contribution in [0.3, 0.4) is 0 Å². The molecule has 1 aliphatic carbocycles. The Morgan fingerprint density at radius 1 is 1.12 bits per heavy atom. The van der Waals surface area contributed by atoms with Gasteiger partial charge in [-0.05, 0) is 30.9 Å². The number of hydrogen-bond donors (Lipinski definition) is 0. The smallest absolute Gasteiger partial charge is 0.180 e. The van der Waals surface area contributed by atoms with E-state index in [4.69, 9.17) is 10.1 Å². The van der Waals surface area contributed by atoms with Crippen molar-refractivity contribution in [3.63, 3.8) is 0 Å². The number of aromatic nitrogens is 8. The summed E-state index contributed by atoms with van der Waals surface area (Å²) in [4.78, 5) is 13.7. The summed E-state index contributed by atoms with van der Waals surface area (Å²) in [6, 6.07) is 2.12. The molecule has 0 saturated heterocycles. The van der Waals surface area contributed by atoms with Crippen molar-refractivity contribution in [1.29, 1.82) is 0 Å². The summed E-state index contributed by atoms with van der Waals surface area (Å²) in [7, 11) is 5.85. The lowest BCUT2D eigenvalue weighted by atomic mass is 10.1. The van der Waals surface area contributed by atoms with Crippen molar-refractivity contribution >= 4 is 11.2 Å². The van der Waals surface area contributed by atoms with Gasteiger partial charge in [0.1, 0.15) is 11.2 Å². The second-order valence-electron chi connectivity index (χ2n) is 7.13. The molecule has 0 spiro atoms. The lowest BCUT2D eigenvalue weighted by Crippen LogP contribution is -2.01. The van der Waals surface area contributed by atoms with Gasteiger partial charge < -0.3 is 4.57 Å². The first kappa shape index (κ1) is 15.2. The predicted octanol–water partition coefficient (Wildman–Crippen LogP) is 2.08. The average molecular weight is 348 g/mol. The molecule has 132 valence electrons. The summed E-state index contributed by atoms with van der Waals surface area (Å²) >= 11 is 0. The van der Waals surface area contributed by atoms with E-state index < -0.39 is 0 Å². The largest absolute Gasteiger partial charge is 0.318 e. The van der Waals surface area contributed by atoms with Gasteiger partial charge in [0, 0.05) is 33.3 Å². The maximum Gasteiger partial charge on any atom is 0.180 e. The van der Waals surface area contributed by atoms with Crippen molar-refractivity contribution < 1.29 is 0 Å². The molecule has 2 atom stereocenters. The van der Waals surface area contributed by atoms with E-state index in [1.807, 2.05) is 48.2 Å². The summed E-state index contributed by atoms with van der Waals surface area (Å²) in [6.07, 6.45) is 6.94. The van der Waals surface area contributed by atoms with Crippen LogP contribution in [0.5, 0.6) is 0 Å². The van der Waals surface area contributed by atoms with Crippen molar-refractivity contribution in [1.82, 2.24) is 39.1 Å². The van der Waals surface area contributed by atoms with Crippen LogP contribution in [0.25, 0.3) is 22.7 Å². The van der Waals surface area contributed by atoms with E-state index in [0.717, 1.165) is 34.7 Å². The number of hydrogen-bond acceptors (Lipinski definition) is 5. The molecule has 26 heavy (non-hydrogen) atoms. The monoisotopic (exact) mass is 348 g/mol. The molecule has 0 aromatic carbocycles. The summed E-state index contributed by atoms with van der Waals surface area (Å²) < 4.78 is 5.66. The van der Waals surface area contributed by atoms with Gasteiger partial charge in [0.15, 0.2) is 11.5 Å². The highest BCUT2D eigenvalue weighted by atomic mass is 15.3. The second kappa shape index (κ2) is 5.23. The predicted molar refractivity (Wildman–Crippen MR) is 96.6 cm³/mol. The zero-order valence-electron chi connectivity index (χ0n) is 15.2. The second-order valence-corrected chi connectivity index (χ2v) is 7.13. The van der Waals surface area contributed by atoms with Gasteiger partial charge in [-0.25, -0.2) is 15.0 Å². The minimum absolute atomic E-state index is 0.445. The van der Waals surface area contributed by atoms with Crippen LogP contribution in [0.1, 0.15) is 35.2 Å². The molecule has 0 radical (unpaired) electrons. The van der Waals surface area contributed by atoms with Crippen LogP contribution in [-0.4, -0.2) is 39.1 Å². The summed E-state index contributed by atoms with van der Waals surface area (Å²) in [5.74, 6) is 1.65. The highest BCUT2D eigenvalue weighted by Gasteiger charge is 2.42. The van der Waals surface area contributed by atoms with E-state index >= 15 is 0 Å². The van der Waals surface area contributed by atoms with E-state index in [1.165, 1.54) is 5.56 Å². The van der Waals surface area contributed by atoms with Crippen molar-refractivity contribution in [2.24, 2.45) is 21.1 Å². The first-order valence-electron chi connectivity index (χ1n) is 8.70. The topological polar surface area (TPSA) is 79.2 Å². The van der Waals surface area contributed by atoms with Crippen molar-refractivity contribution in [3.05, 3.63) is 41.7 Å². The number of aryl methyl sites for hydroxylation is 4. The Morgan fingerprint density at radius 3 is 2.73 bits per heavy atom. The van der Waals surface area contributed by atoms with Gasteiger partial charge in [0.05, 0.1) is 23.9 Å². The van der Waals surface area contributed by atoms with Crippen LogP contribution in [0.2, 0.25) is 0 Å². The van der Waals surface area contributed by atoms with Crippen molar-refractivity contribution in [2.75, 3.05) is 0 Å². The molecule has 0 amide bonds. The third-order valence-electron chi connectivity index (χ3n) is 5.19. The minimum Gasteiger partial charge on any atom is -0.318 e. The third-order valence-corrected chi connectivity index (χ3v) is 5.19. The van der Waals surface area contributed by atoms with Crippen molar-refractivity contribution in [3.8, 4) is 11.5 Å². The maximum absolute atomic E-state index is 4.74. The Kier molecular flexibility index (Phi) is 3.07. The van der Waals surface area contributed by atoms with Gasteiger partial charge in [-0.2, -0.15) is 10.2 Å². The molecule has 1 fully saturated rings. The molecule has 0 N–H and O–H groups in total. The van der Waals surface area contributed by atoms with Gasteiger partial charge >= 0.3 is 0 Å². The van der Waals surface area contributed by atoms with E-state index in [2.05, 4.69) is 27.3 Å². The molecular weight excluding hydrogens is 328 g/mol. The number of rotatable bonds is 3. The zero-order chi connectivity index (χ0) is 18.0. The summed E-state index contributed by atoms with van der Waals surface area (Å²) in [6.45, 7) is 1.97. The Hall–Kier alpha value is -3.03. The standard InChI is InChI=1S/C18H20N8/c1-10-16-18(24(2)9-19-16)22-17(21-10)15-6-14(23-26(15)4)13-5-12(13)11-7-20-25(3)8-11/h6-9,12-13H,5H2,1-4H3/t12-,13+/m0/s1. The lowest BCUT2D eigenvalue weighted by Gasteiger charge is -2.03. The first-order chi connectivity index (χ1) is 12.5. The van der Waals surface area contributed by atoms with E-state index in [0.29, 0.717) is 17.7 Å². The zero-order valence-corrected chi connectivity index (χ0v) is 15.2. The van der Waals surface area contributed by atoms with E-state index in [-0.39, 0.29) is 0 Å². The molecule has 8 nitrogen and oxygen atoms in total. The molecule has 4 heterocycles. The molecule has 8 heteroatoms. The highest BCUT2D eigenvalue weighted by Crippen LogP contribution is 2.54. The molecule has 4 aromatic rings. The van der Waals surface area contributed by atoms with E-state index in [1.54, 1.807) is 6.33 Å². The van der Waals surface area contributed by atoms with Gasteiger partial charge in [-0.1, -0.05) is 0 Å². The van der Waals surface area contributed by atoms with Crippen LogP contribution in [-0.2, 0) is 21.1 Å². The minimum atomic E-state index is 0.445. The fourth-order valence-corrected chi connectivity index (χ4v) is 3.66. The van der Waals surface area contributed by atoms with Crippen LogP contribution in [0.15, 0.2) is 24.8 Å². The fourth-order valence-electron chi connectivity index (χ4n) is 3.66. The molecule has 0 unspecified atom stereocenters. The van der Waals surface area contributed by atoms with Crippen LogP contribution in [0.4, 0.5) is 0 Å². The van der Waals surface area contributed by atoms with Crippen LogP contribution < -0.4 is 0 Å². The number of imidazole rings is 1. The summed E-state index contributed by atoms with van der Waals surface area (Å²) in [5.41, 5.74) is 5.89. The molecule has 1 aliphatic rings. The lowest BCUT2D eigenvalue weighted by molar-refractivity contribution is 0.742. The normalized spacial score (nSPS) is 19.4. The molecule has 1 saturated carbocycles. The van der Waals surface area contributed by atoms with Gasteiger partial charge in [-0.3, -0.25) is 9.36 Å². The van der Waals surface area contributed by atoms with E-state index in [9.17, 15) is 0 Å². The SMILES string of the molecule is Cc1nc(-c2cc([C@@H]3C[C@H]3c3cnn(C)c3)nn2C)nc2c1ncn2C. The quantitative estimate of drug-likeness (QED) is 0.566. The fraction of sp³-hybridized carbons (Fsp3) is 0.389. The van der Waals surface area contributed by atoms with Gasteiger partial charge in [0.25, 0.3) is 0 Å². The molecule has 5 rings (SSSR count). The Bertz CT molecular complexity index is 1130. The Labute approximate surface area is 150 Å². The Balaban J connectivity index is 1.51. The average Bonchev–Trinajstić information content (AvgIpc) is 2.91. The highest BCUT2D eigenvalue weighted by molar-refractivity contribution is 5.75. The third kappa shape index (κ3) is 2.25. The maximum atomic E-state index is 4.74. The molecule has 4 aromatic heterocycles. The molecule has 0 aliphatic heterocycles. The van der Waals surface area contributed by atoms with Crippen LogP contribution >= 0.6 is 0 Å². The Morgan fingerprint density at radius 2 is 1.96 bits per heavy atom.